The topological polar surface area (TPSA) is 55.5 Å². The maximum Gasteiger partial charge on any atom is 0.198 e. The molecule has 146 valence electrons. The summed E-state index contributed by atoms with van der Waals surface area (Å²) in [5.41, 5.74) is 2.98. The molecule has 0 atom stereocenters. The highest BCUT2D eigenvalue weighted by atomic mass is 35.5. The monoisotopic (exact) mass is 397 g/mol. The van der Waals surface area contributed by atoms with E-state index in [4.69, 9.17) is 16.3 Å². The molecule has 1 saturated heterocycles. The van der Waals surface area contributed by atoms with Crippen LogP contribution in [0.4, 0.5) is 5.69 Å². The number of hydrogen-bond donors (Lipinski definition) is 0. The number of nitrogens with zero attached hydrogens (tertiary/aromatic N) is 5. The van der Waals surface area contributed by atoms with Crippen LogP contribution in [0.1, 0.15) is 43.0 Å². The van der Waals surface area contributed by atoms with Crippen LogP contribution < -0.4 is 9.64 Å². The van der Waals surface area contributed by atoms with E-state index in [-0.39, 0.29) is 0 Å². The molecular weight excluding hydrogens is 374 g/mol. The van der Waals surface area contributed by atoms with E-state index in [0.29, 0.717) is 16.6 Å². The molecule has 0 bridgehead atoms. The molecule has 0 radical (unpaired) electrons. The van der Waals surface area contributed by atoms with Gasteiger partial charge in [-0.1, -0.05) is 23.7 Å². The van der Waals surface area contributed by atoms with E-state index in [1.807, 2.05) is 16.8 Å². The summed E-state index contributed by atoms with van der Waals surface area (Å²) in [6, 6.07) is 8.41. The highest BCUT2D eigenvalue weighted by Gasteiger charge is 2.27. The van der Waals surface area contributed by atoms with Gasteiger partial charge in [-0.25, -0.2) is 0 Å². The number of aromatic nitrogens is 4. The first-order valence-corrected chi connectivity index (χ1v) is 10.4. The minimum Gasteiger partial charge on any atom is -0.497 e. The SMILES string of the molecule is COc1cccc(C2CCN(c3cnn4c(CC5CC5)nnc4c3Cl)CC2)c1. The predicted octanol–water partition coefficient (Wildman–Crippen LogP) is 4.12. The van der Waals surface area contributed by atoms with E-state index < -0.39 is 0 Å². The Balaban J connectivity index is 1.33. The van der Waals surface area contributed by atoms with Crippen LogP contribution in [0.5, 0.6) is 5.75 Å². The second kappa shape index (κ2) is 7.24. The Morgan fingerprint density at radius 3 is 2.71 bits per heavy atom. The molecule has 6 nitrogen and oxygen atoms in total. The van der Waals surface area contributed by atoms with Crippen molar-refractivity contribution in [2.45, 2.75) is 38.0 Å². The van der Waals surface area contributed by atoms with Crippen molar-refractivity contribution in [3.8, 4) is 5.75 Å². The lowest BCUT2D eigenvalue weighted by Gasteiger charge is -2.34. The van der Waals surface area contributed by atoms with Gasteiger partial charge in [-0.15, -0.1) is 10.2 Å². The zero-order chi connectivity index (χ0) is 19.1. The van der Waals surface area contributed by atoms with Gasteiger partial charge in [0.05, 0.1) is 19.0 Å². The maximum atomic E-state index is 6.71. The first kappa shape index (κ1) is 17.7. The number of hydrogen-bond acceptors (Lipinski definition) is 5. The maximum absolute atomic E-state index is 6.71. The van der Waals surface area contributed by atoms with Gasteiger partial charge in [0.15, 0.2) is 11.5 Å². The normalized spacial score (nSPS) is 18.0. The summed E-state index contributed by atoms with van der Waals surface area (Å²) < 4.78 is 7.18. The standard InChI is InChI=1S/C21H24ClN5O/c1-28-17-4-2-3-16(12-17)15-7-9-26(10-8-15)18-13-23-27-19(11-14-5-6-14)24-25-21(27)20(18)22/h2-4,12-15H,5-11H2,1H3. The van der Waals surface area contributed by atoms with E-state index in [9.17, 15) is 0 Å². The molecule has 28 heavy (non-hydrogen) atoms. The quantitative estimate of drug-likeness (QED) is 0.648. The second-order valence-electron chi connectivity index (χ2n) is 7.88. The number of piperidine rings is 1. The van der Waals surface area contributed by atoms with Crippen molar-refractivity contribution in [3.05, 3.63) is 46.9 Å². The van der Waals surface area contributed by atoms with Crippen molar-refractivity contribution in [1.82, 2.24) is 19.8 Å². The Bertz CT molecular complexity index is 992. The first-order chi connectivity index (χ1) is 13.7. The Labute approximate surface area is 169 Å². The van der Waals surface area contributed by atoms with Gasteiger partial charge in [-0.2, -0.15) is 9.61 Å². The van der Waals surface area contributed by atoms with Crippen molar-refractivity contribution in [1.29, 1.82) is 0 Å². The van der Waals surface area contributed by atoms with Crippen molar-refractivity contribution in [2.75, 3.05) is 25.1 Å². The fourth-order valence-corrected chi connectivity index (χ4v) is 4.42. The van der Waals surface area contributed by atoms with Crippen LogP contribution in [0.2, 0.25) is 5.02 Å². The largest absolute Gasteiger partial charge is 0.497 e. The molecule has 3 aromatic rings. The summed E-state index contributed by atoms with van der Waals surface area (Å²) in [4.78, 5) is 2.32. The number of benzene rings is 1. The number of fused-ring (bicyclic) bond motifs is 1. The highest BCUT2D eigenvalue weighted by molar-refractivity contribution is 6.36. The summed E-state index contributed by atoms with van der Waals surface area (Å²) in [6.45, 7) is 1.89. The molecule has 1 aliphatic carbocycles. The molecule has 0 amide bonds. The Hall–Kier alpha value is -2.34. The van der Waals surface area contributed by atoms with E-state index in [1.165, 1.54) is 18.4 Å². The van der Waals surface area contributed by atoms with Gasteiger partial charge in [-0.3, -0.25) is 0 Å². The van der Waals surface area contributed by atoms with E-state index in [2.05, 4.69) is 38.4 Å². The summed E-state index contributed by atoms with van der Waals surface area (Å²) in [5.74, 6) is 3.12. The third-order valence-electron chi connectivity index (χ3n) is 5.99. The lowest BCUT2D eigenvalue weighted by molar-refractivity contribution is 0.412. The molecule has 0 spiro atoms. The summed E-state index contributed by atoms with van der Waals surface area (Å²) >= 11 is 6.71. The van der Waals surface area contributed by atoms with Crippen LogP contribution in [0, 0.1) is 5.92 Å². The lowest BCUT2D eigenvalue weighted by atomic mass is 9.89. The van der Waals surface area contributed by atoms with Crippen LogP contribution in [0.25, 0.3) is 5.65 Å². The van der Waals surface area contributed by atoms with Crippen molar-refractivity contribution in [3.63, 3.8) is 0 Å². The third-order valence-corrected chi connectivity index (χ3v) is 6.35. The fraction of sp³-hybridized carbons (Fsp3) is 0.476. The van der Waals surface area contributed by atoms with Gasteiger partial charge < -0.3 is 9.64 Å². The molecular formula is C21H24ClN5O. The minimum atomic E-state index is 0.542. The number of ether oxygens (including phenoxy) is 1. The zero-order valence-electron chi connectivity index (χ0n) is 16.0. The van der Waals surface area contributed by atoms with Crippen molar-refractivity contribution >= 4 is 22.9 Å². The van der Waals surface area contributed by atoms with Gasteiger partial charge in [-0.05, 0) is 55.2 Å². The Morgan fingerprint density at radius 2 is 1.96 bits per heavy atom. The van der Waals surface area contributed by atoms with Crippen LogP contribution in [0.15, 0.2) is 30.5 Å². The average molecular weight is 398 g/mol. The molecule has 3 heterocycles. The van der Waals surface area contributed by atoms with Gasteiger partial charge in [0.1, 0.15) is 10.8 Å². The molecule has 0 N–H and O–H groups in total. The third kappa shape index (κ3) is 3.30. The Morgan fingerprint density at radius 1 is 1.14 bits per heavy atom. The number of anilines is 1. The van der Waals surface area contributed by atoms with E-state index >= 15 is 0 Å². The number of methoxy groups -OCH3 is 1. The summed E-state index contributed by atoms with van der Waals surface area (Å²) in [6.07, 6.45) is 7.53. The highest BCUT2D eigenvalue weighted by Crippen LogP contribution is 2.36. The Kier molecular flexibility index (Phi) is 4.59. The lowest BCUT2D eigenvalue weighted by Crippen LogP contribution is -2.33. The second-order valence-corrected chi connectivity index (χ2v) is 8.26. The summed E-state index contributed by atoms with van der Waals surface area (Å²) in [7, 11) is 1.72. The molecule has 2 aromatic heterocycles. The average Bonchev–Trinajstić information content (AvgIpc) is 3.47. The fourth-order valence-electron chi connectivity index (χ4n) is 4.13. The molecule has 0 unspecified atom stereocenters. The van der Waals surface area contributed by atoms with Crippen molar-refractivity contribution in [2.24, 2.45) is 5.92 Å². The van der Waals surface area contributed by atoms with Gasteiger partial charge in [0.2, 0.25) is 0 Å². The molecule has 2 fully saturated rings. The van der Waals surface area contributed by atoms with E-state index in [0.717, 1.165) is 55.5 Å². The number of rotatable bonds is 5. The minimum absolute atomic E-state index is 0.542. The van der Waals surface area contributed by atoms with E-state index in [1.54, 1.807) is 7.11 Å². The molecule has 7 heteroatoms. The number of halogens is 1. The molecule has 5 rings (SSSR count). The zero-order valence-corrected chi connectivity index (χ0v) is 16.8. The van der Waals surface area contributed by atoms with Gasteiger partial charge in [0.25, 0.3) is 0 Å². The van der Waals surface area contributed by atoms with Crippen LogP contribution >= 0.6 is 11.6 Å². The smallest absolute Gasteiger partial charge is 0.198 e. The molecule has 1 saturated carbocycles. The molecule has 2 aliphatic rings. The molecule has 1 aliphatic heterocycles. The van der Waals surface area contributed by atoms with Crippen molar-refractivity contribution < 1.29 is 4.74 Å². The van der Waals surface area contributed by atoms with Gasteiger partial charge in [0, 0.05) is 19.5 Å². The van der Waals surface area contributed by atoms with Crippen LogP contribution in [0.3, 0.4) is 0 Å². The van der Waals surface area contributed by atoms with Gasteiger partial charge >= 0.3 is 0 Å². The summed E-state index contributed by atoms with van der Waals surface area (Å²) in [5, 5.41) is 13.9. The van der Waals surface area contributed by atoms with Crippen LogP contribution in [-0.2, 0) is 6.42 Å². The first-order valence-electron chi connectivity index (χ1n) is 10.0. The predicted molar refractivity (Wildman–Crippen MR) is 109 cm³/mol. The molecule has 1 aromatic carbocycles. The van der Waals surface area contributed by atoms with Crippen LogP contribution in [-0.4, -0.2) is 40.0 Å².